The number of pyridine rings is 1. The molecule has 5 rings (SSSR count). The summed E-state index contributed by atoms with van der Waals surface area (Å²) in [5, 5.41) is 9.36. The molecule has 0 spiro atoms. The largest absolute Gasteiger partial charge is 0.346 e. The third kappa shape index (κ3) is 2.21. The van der Waals surface area contributed by atoms with Gasteiger partial charge in [0, 0.05) is 36.0 Å². The van der Waals surface area contributed by atoms with Crippen molar-refractivity contribution in [2.24, 2.45) is 7.05 Å². The van der Waals surface area contributed by atoms with Gasteiger partial charge in [0.05, 0.1) is 5.52 Å². The zero-order valence-electron chi connectivity index (χ0n) is 14.6. The number of benzene rings is 2. The van der Waals surface area contributed by atoms with E-state index in [1.54, 1.807) is 4.68 Å². The predicted molar refractivity (Wildman–Crippen MR) is 104 cm³/mol. The molecule has 5 heteroatoms. The Labute approximate surface area is 150 Å². The predicted octanol–water partition coefficient (Wildman–Crippen LogP) is 4.49. The number of hydrogen-bond donors (Lipinski definition) is 1. The fourth-order valence-corrected chi connectivity index (χ4v) is 3.48. The van der Waals surface area contributed by atoms with Crippen LogP contribution in [0, 0.1) is 6.92 Å². The lowest BCUT2D eigenvalue weighted by Crippen LogP contribution is -1.89. The Morgan fingerprint density at radius 2 is 1.85 bits per heavy atom. The standard InChI is InChI=1S/C21H17N5/c1-13-5-3-4-6-16(13)15-9-17-18(12-23-21(17)22-11-15)14-7-8-19-20(10-14)26(2)25-24-19/h3-12H,1-2H3,(H,22,23). The Balaban J connectivity index is 1.71. The molecule has 5 nitrogen and oxygen atoms in total. The van der Waals surface area contributed by atoms with Crippen LogP contribution in [0.15, 0.2) is 60.9 Å². The molecule has 0 saturated heterocycles. The first-order valence-corrected chi connectivity index (χ1v) is 8.53. The van der Waals surface area contributed by atoms with Crippen LogP contribution in [0.1, 0.15) is 5.56 Å². The van der Waals surface area contributed by atoms with Crippen molar-refractivity contribution in [2.45, 2.75) is 6.92 Å². The maximum Gasteiger partial charge on any atom is 0.137 e. The molecule has 2 aromatic carbocycles. The summed E-state index contributed by atoms with van der Waals surface area (Å²) in [4.78, 5) is 7.92. The lowest BCUT2D eigenvalue weighted by atomic mass is 9.99. The van der Waals surface area contributed by atoms with Gasteiger partial charge in [0.1, 0.15) is 11.2 Å². The Morgan fingerprint density at radius 1 is 0.962 bits per heavy atom. The highest BCUT2D eigenvalue weighted by atomic mass is 15.4. The highest BCUT2D eigenvalue weighted by molar-refractivity contribution is 5.97. The van der Waals surface area contributed by atoms with Gasteiger partial charge < -0.3 is 4.98 Å². The number of nitrogens with one attached hydrogen (secondary N) is 1. The molecule has 0 unspecified atom stereocenters. The zero-order valence-corrected chi connectivity index (χ0v) is 14.6. The van der Waals surface area contributed by atoms with Crippen molar-refractivity contribution in [1.29, 1.82) is 0 Å². The third-order valence-corrected chi connectivity index (χ3v) is 4.91. The topological polar surface area (TPSA) is 59.4 Å². The van der Waals surface area contributed by atoms with Crippen LogP contribution >= 0.6 is 0 Å². The second-order valence-corrected chi connectivity index (χ2v) is 6.55. The maximum atomic E-state index is 4.63. The SMILES string of the molecule is Cc1ccccc1-c1cnc2[nH]cc(-c3ccc4nnn(C)c4c3)c2c1. The van der Waals surface area contributed by atoms with Gasteiger partial charge in [-0.15, -0.1) is 5.10 Å². The lowest BCUT2D eigenvalue weighted by Gasteiger charge is -2.06. The minimum Gasteiger partial charge on any atom is -0.346 e. The minimum absolute atomic E-state index is 0.889. The number of fused-ring (bicyclic) bond motifs is 2. The van der Waals surface area contributed by atoms with E-state index in [1.807, 2.05) is 25.5 Å². The summed E-state index contributed by atoms with van der Waals surface area (Å²) < 4.78 is 1.80. The highest BCUT2D eigenvalue weighted by Crippen LogP contribution is 2.32. The van der Waals surface area contributed by atoms with Crippen LogP contribution in [0.4, 0.5) is 0 Å². The van der Waals surface area contributed by atoms with Gasteiger partial charge in [-0.25, -0.2) is 9.67 Å². The number of H-pyrrole nitrogens is 1. The monoisotopic (exact) mass is 339 g/mol. The van der Waals surface area contributed by atoms with E-state index in [1.165, 1.54) is 11.1 Å². The second-order valence-electron chi connectivity index (χ2n) is 6.55. The van der Waals surface area contributed by atoms with Crippen molar-refractivity contribution >= 4 is 22.1 Å². The van der Waals surface area contributed by atoms with E-state index in [9.17, 15) is 0 Å². The molecular weight excluding hydrogens is 322 g/mol. The van der Waals surface area contributed by atoms with Crippen LogP contribution in [0.25, 0.3) is 44.3 Å². The molecule has 0 fully saturated rings. The van der Waals surface area contributed by atoms with Crippen molar-refractivity contribution in [3.05, 3.63) is 66.5 Å². The number of hydrogen-bond acceptors (Lipinski definition) is 3. The first-order chi connectivity index (χ1) is 12.7. The summed E-state index contributed by atoms with van der Waals surface area (Å²) >= 11 is 0. The minimum atomic E-state index is 0.889. The van der Waals surface area contributed by atoms with Crippen LogP contribution in [0.2, 0.25) is 0 Å². The second kappa shape index (κ2) is 5.52. The Hall–Kier alpha value is -3.47. The van der Waals surface area contributed by atoms with Crippen LogP contribution in [0.5, 0.6) is 0 Å². The van der Waals surface area contributed by atoms with Crippen molar-refractivity contribution in [1.82, 2.24) is 25.0 Å². The molecule has 1 N–H and O–H groups in total. The van der Waals surface area contributed by atoms with Crippen LogP contribution in [-0.4, -0.2) is 25.0 Å². The Bertz CT molecular complexity index is 1260. The van der Waals surface area contributed by atoms with Crippen molar-refractivity contribution in [3.8, 4) is 22.3 Å². The van der Waals surface area contributed by atoms with Gasteiger partial charge >= 0.3 is 0 Å². The van der Waals surface area contributed by atoms with Crippen molar-refractivity contribution in [2.75, 3.05) is 0 Å². The summed E-state index contributed by atoms with van der Waals surface area (Å²) in [6.07, 6.45) is 3.95. The van der Waals surface area contributed by atoms with E-state index in [0.717, 1.165) is 38.8 Å². The zero-order chi connectivity index (χ0) is 17.7. The Kier molecular flexibility index (Phi) is 3.15. The molecule has 0 aliphatic heterocycles. The van der Waals surface area contributed by atoms with Gasteiger partial charge in [0.2, 0.25) is 0 Å². The molecule has 5 aromatic rings. The van der Waals surface area contributed by atoms with Crippen LogP contribution in [0.3, 0.4) is 0 Å². The van der Waals surface area contributed by atoms with Gasteiger partial charge in [0.15, 0.2) is 0 Å². The number of nitrogens with zero attached hydrogens (tertiary/aromatic N) is 4. The number of aromatic nitrogens is 5. The third-order valence-electron chi connectivity index (χ3n) is 4.91. The molecule has 3 aromatic heterocycles. The fourth-order valence-electron chi connectivity index (χ4n) is 3.48. The van der Waals surface area contributed by atoms with Gasteiger partial charge in [-0.1, -0.05) is 35.5 Å². The van der Waals surface area contributed by atoms with E-state index in [4.69, 9.17) is 0 Å². The van der Waals surface area contributed by atoms with E-state index >= 15 is 0 Å². The first-order valence-electron chi connectivity index (χ1n) is 8.53. The molecule has 0 aliphatic carbocycles. The van der Waals surface area contributed by atoms with Gasteiger partial charge in [-0.05, 0) is 41.8 Å². The van der Waals surface area contributed by atoms with Gasteiger partial charge in [-0.2, -0.15) is 0 Å². The molecule has 0 bridgehead atoms. The average Bonchev–Trinajstić information content (AvgIpc) is 3.25. The number of aryl methyl sites for hydroxylation is 2. The van der Waals surface area contributed by atoms with Crippen molar-refractivity contribution < 1.29 is 0 Å². The molecule has 0 radical (unpaired) electrons. The molecule has 126 valence electrons. The number of rotatable bonds is 2. The summed E-state index contributed by atoms with van der Waals surface area (Å²) in [6.45, 7) is 2.13. The summed E-state index contributed by atoms with van der Waals surface area (Å²) in [6, 6.07) is 16.8. The average molecular weight is 339 g/mol. The summed E-state index contributed by atoms with van der Waals surface area (Å²) in [5.74, 6) is 0. The van der Waals surface area contributed by atoms with E-state index in [-0.39, 0.29) is 0 Å². The molecule has 0 aliphatic rings. The van der Waals surface area contributed by atoms with E-state index < -0.39 is 0 Å². The summed E-state index contributed by atoms with van der Waals surface area (Å²) in [5.41, 5.74) is 8.63. The van der Waals surface area contributed by atoms with E-state index in [2.05, 4.69) is 69.7 Å². The van der Waals surface area contributed by atoms with Crippen LogP contribution in [-0.2, 0) is 7.05 Å². The molecule has 0 atom stereocenters. The molecule has 26 heavy (non-hydrogen) atoms. The van der Waals surface area contributed by atoms with Gasteiger partial charge in [0.25, 0.3) is 0 Å². The number of aromatic amines is 1. The van der Waals surface area contributed by atoms with Gasteiger partial charge in [-0.3, -0.25) is 0 Å². The molecule has 3 heterocycles. The fraction of sp³-hybridized carbons (Fsp3) is 0.0952. The summed E-state index contributed by atoms with van der Waals surface area (Å²) in [7, 11) is 1.91. The van der Waals surface area contributed by atoms with E-state index in [0.29, 0.717) is 0 Å². The quantitative estimate of drug-likeness (QED) is 0.515. The molecule has 0 amide bonds. The Morgan fingerprint density at radius 3 is 2.73 bits per heavy atom. The maximum absolute atomic E-state index is 4.63. The molecule has 0 saturated carbocycles. The van der Waals surface area contributed by atoms with Crippen LogP contribution < -0.4 is 0 Å². The normalized spacial score (nSPS) is 11.5. The highest BCUT2D eigenvalue weighted by Gasteiger charge is 2.11. The van der Waals surface area contributed by atoms with Crippen molar-refractivity contribution in [3.63, 3.8) is 0 Å². The lowest BCUT2D eigenvalue weighted by molar-refractivity contribution is 0.736. The molecular formula is C21H17N5. The first kappa shape index (κ1) is 14.8. The smallest absolute Gasteiger partial charge is 0.137 e.